The Balaban J connectivity index is 1.71. The van der Waals surface area contributed by atoms with Gasteiger partial charge in [-0.1, -0.05) is 6.07 Å². The highest BCUT2D eigenvalue weighted by molar-refractivity contribution is 5.92. The van der Waals surface area contributed by atoms with Crippen molar-refractivity contribution in [3.8, 4) is 0 Å². The highest BCUT2D eigenvalue weighted by atomic mass is 16.1. The van der Waals surface area contributed by atoms with E-state index in [1.807, 2.05) is 18.2 Å². The molecule has 1 aromatic carbocycles. The summed E-state index contributed by atoms with van der Waals surface area (Å²) in [5, 5.41) is 2.85. The lowest BCUT2D eigenvalue weighted by Gasteiger charge is -2.04. The summed E-state index contributed by atoms with van der Waals surface area (Å²) in [4.78, 5) is 21.8. The Hall–Kier alpha value is -2.56. The molecule has 0 aliphatic carbocycles. The zero-order chi connectivity index (χ0) is 12.4. The Labute approximate surface area is 103 Å². The van der Waals surface area contributed by atoms with E-state index in [2.05, 4.69) is 20.3 Å². The van der Waals surface area contributed by atoms with Gasteiger partial charge in [0.2, 0.25) is 0 Å². The zero-order valence-corrected chi connectivity index (χ0v) is 9.60. The number of fused-ring (bicyclic) bond motifs is 1. The summed E-state index contributed by atoms with van der Waals surface area (Å²) in [6.07, 6.45) is 3.39. The van der Waals surface area contributed by atoms with Crippen LogP contribution < -0.4 is 5.32 Å². The molecule has 2 heterocycles. The third-order valence-electron chi connectivity index (χ3n) is 2.78. The van der Waals surface area contributed by atoms with Gasteiger partial charge in [0.25, 0.3) is 5.91 Å². The maximum absolute atomic E-state index is 11.7. The maximum atomic E-state index is 11.7. The number of aromatic nitrogens is 3. The van der Waals surface area contributed by atoms with Gasteiger partial charge in [-0.3, -0.25) is 4.79 Å². The monoisotopic (exact) mass is 240 g/mol. The predicted molar refractivity (Wildman–Crippen MR) is 68.1 cm³/mol. The van der Waals surface area contributed by atoms with Crippen molar-refractivity contribution in [3.05, 3.63) is 54.1 Å². The molecule has 5 nitrogen and oxygen atoms in total. The quantitative estimate of drug-likeness (QED) is 0.653. The summed E-state index contributed by atoms with van der Waals surface area (Å²) in [6, 6.07) is 9.41. The highest BCUT2D eigenvalue weighted by Crippen LogP contribution is 2.11. The van der Waals surface area contributed by atoms with Crippen LogP contribution in [0.5, 0.6) is 0 Å². The lowest BCUT2D eigenvalue weighted by molar-refractivity contribution is 0.0946. The van der Waals surface area contributed by atoms with Crippen molar-refractivity contribution >= 4 is 16.9 Å². The standard InChI is InChI=1S/C13H12N4O/c18-13(11-2-1-5-14-11)15-7-9-3-4-10-12(6-9)17-8-16-10/h1-6,8,14H,7H2,(H,15,18)(H,16,17). The first kappa shape index (κ1) is 10.6. The summed E-state index contributed by atoms with van der Waals surface area (Å²) in [5.41, 5.74) is 3.50. The van der Waals surface area contributed by atoms with E-state index in [9.17, 15) is 4.79 Å². The first-order valence-corrected chi connectivity index (χ1v) is 5.66. The minimum Gasteiger partial charge on any atom is -0.357 e. The number of amides is 1. The van der Waals surface area contributed by atoms with Crippen LogP contribution in [0, 0.1) is 0 Å². The zero-order valence-electron chi connectivity index (χ0n) is 9.60. The fourth-order valence-electron chi connectivity index (χ4n) is 1.84. The van der Waals surface area contributed by atoms with Crippen LogP contribution in [0.25, 0.3) is 11.0 Å². The molecule has 2 aromatic heterocycles. The van der Waals surface area contributed by atoms with Crippen LogP contribution in [0.15, 0.2) is 42.9 Å². The van der Waals surface area contributed by atoms with Gasteiger partial charge in [0.05, 0.1) is 17.4 Å². The molecule has 0 saturated carbocycles. The summed E-state index contributed by atoms with van der Waals surface area (Å²) in [6.45, 7) is 0.493. The van der Waals surface area contributed by atoms with Crippen LogP contribution in [-0.4, -0.2) is 20.9 Å². The normalized spacial score (nSPS) is 10.7. The van der Waals surface area contributed by atoms with Crippen molar-refractivity contribution in [3.63, 3.8) is 0 Å². The molecule has 0 radical (unpaired) electrons. The van der Waals surface area contributed by atoms with Crippen LogP contribution in [-0.2, 0) is 6.54 Å². The third kappa shape index (κ3) is 1.98. The molecule has 3 rings (SSSR count). The SMILES string of the molecule is O=C(NCc1ccc2nc[nH]c2c1)c1ccc[nH]1. The Bertz CT molecular complexity index is 669. The molecule has 5 heteroatoms. The molecular formula is C13H12N4O. The molecule has 90 valence electrons. The van der Waals surface area contributed by atoms with Crippen molar-refractivity contribution in [2.45, 2.75) is 6.54 Å². The van der Waals surface area contributed by atoms with Crippen molar-refractivity contribution in [1.29, 1.82) is 0 Å². The number of nitrogens with one attached hydrogen (secondary N) is 3. The van der Waals surface area contributed by atoms with Crippen molar-refractivity contribution < 1.29 is 4.79 Å². The van der Waals surface area contributed by atoms with E-state index in [0.717, 1.165) is 16.6 Å². The van der Waals surface area contributed by atoms with E-state index >= 15 is 0 Å². The molecular weight excluding hydrogens is 228 g/mol. The van der Waals surface area contributed by atoms with E-state index in [-0.39, 0.29) is 5.91 Å². The largest absolute Gasteiger partial charge is 0.357 e. The number of hydrogen-bond donors (Lipinski definition) is 3. The van der Waals surface area contributed by atoms with E-state index in [0.29, 0.717) is 12.2 Å². The van der Waals surface area contributed by atoms with Gasteiger partial charge in [-0.25, -0.2) is 4.98 Å². The number of benzene rings is 1. The number of carbonyl (C=O) groups is 1. The average molecular weight is 240 g/mol. The van der Waals surface area contributed by atoms with Gasteiger partial charge in [0, 0.05) is 12.7 Å². The van der Waals surface area contributed by atoms with Gasteiger partial charge in [-0.15, -0.1) is 0 Å². The molecule has 0 spiro atoms. The van der Waals surface area contributed by atoms with Gasteiger partial charge in [-0.2, -0.15) is 0 Å². The van der Waals surface area contributed by atoms with Gasteiger partial charge in [0.1, 0.15) is 5.69 Å². The number of hydrogen-bond acceptors (Lipinski definition) is 2. The molecule has 1 amide bonds. The first-order valence-electron chi connectivity index (χ1n) is 5.66. The summed E-state index contributed by atoms with van der Waals surface area (Å²) in [7, 11) is 0. The van der Waals surface area contributed by atoms with Crippen LogP contribution in [0.4, 0.5) is 0 Å². The van der Waals surface area contributed by atoms with E-state index < -0.39 is 0 Å². The minimum absolute atomic E-state index is 0.107. The molecule has 0 saturated heterocycles. The molecule has 0 bridgehead atoms. The molecule has 0 aliphatic heterocycles. The van der Waals surface area contributed by atoms with Crippen LogP contribution >= 0.6 is 0 Å². The van der Waals surface area contributed by atoms with Gasteiger partial charge in [-0.05, 0) is 29.8 Å². The Morgan fingerprint density at radius 3 is 3.06 bits per heavy atom. The number of nitrogens with zero attached hydrogens (tertiary/aromatic N) is 1. The van der Waals surface area contributed by atoms with Crippen LogP contribution in [0.1, 0.15) is 16.1 Å². The number of H-pyrrole nitrogens is 2. The van der Waals surface area contributed by atoms with Crippen molar-refractivity contribution in [1.82, 2.24) is 20.3 Å². The number of rotatable bonds is 3. The van der Waals surface area contributed by atoms with E-state index in [1.165, 1.54) is 0 Å². The smallest absolute Gasteiger partial charge is 0.267 e. The minimum atomic E-state index is -0.107. The maximum Gasteiger partial charge on any atom is 0.267 e. The second kappa shape index (κ2) is 4.37. The number of imidazole rings is 1. The van der Waals surface area contributed by atoms with E-state index in [1.54, 1.807) is 24.7 Å². The first-order chi connectivity index (χ1) is 8.83. The van der Waals surface area contributed by atoms with Crippen LogP contribution in [0.2, 0.25) is 0 Å². The summed E-state index contributed by atoms with van der Waals surface area (Å²) >= 11 is 0. The molecule has 0 fully saturated rings. The Kier molecular flexibility index (Phi) is 2.57. The summed E-state index contributed by atoms with van der Waals surface area (Å²) in [5.74, 6) is -0.107. The molecule has 3 aromatic rings. The second-order valence-corrected chi connectivity index (χ2v) is 4.02. The highest BCUT2D eigenvalue weighted by Gasteiger charge is 2.05. The fraction of sp³-hybridized carbons (Fsp3) is 0.0769. The van der Waals surface area contributed by atoms with Gasteiger partial charge < -0.3 is 15.3 Å². The number of carbonyl (C=O) groups excluding carboxylic acids is 1. The third-order valence-corrected chi connectivity index (χ3v) is 2.78. The second-order valence-electron chi connectivity index (χ2n) is 4.02. The fourth-order valence-corrected chi connectivity index (χ4v) is 1.84. The molecule has 0 unspecified atom stereocenters. The lowest BCUT2D eigenvalue weighted by atomic mass is 10.2. The predicted octanol–water partition coefficient (Wildman–Crippen LogP) is 1.82. The Morgan fingerprint density at radius 2 is 2.22 bits per heavy atom. The van der Waals surface area contributed by atoms with Gasteiger partial charge >= 0.3 is 0 Å². The van der Waals surface area contributed by atoms with Crippen molar-refractivity contribution in [2.24, 2.45) is 0 Å². The van der Waals surface area contributed by atoms with Crippen LogP contribution in [0.3, 0.4) is 0 Å². The topological polar surface area (TPSA) is 73.6 Å². The van der Waals surface area contributed by atoms with Gasteiger partial charge in [0.15, 0.2) is 0 Å². The molecule has 0 aliphatic rings. The molecule has 0 atom stereocenters. The lowest BCUT2D eigenvalue weighted by Crippen LogP contribution is -2.22. The van der Waals surface area contributed by atoms with E-state index in [4.69, 9.17) is 0 Å². The Morgan fingerprint density at radius 1 is 1.28 bits per heavy atom. The molecule has 3 N–H and O–H groups in total. The van der Waals surface area contributed by atoms with Crippen molar-refractivity contribution in [2.75, 3.05) is 0 Å². The average Bonchev–Trinajstić information content (AvgIpc) is 3.05. The summed E-state index contributed by atoms with van der Waals surface area (Å²) < 4.78 is 0. The number of aromatic amines is 2. The molecule has 18 heavy (non-hydrogen) atoms.